The highest BCUT2D eigenvalue weighted by Gasteiger charge is 2.20. The molecule has 0 unspecified atom stereocenters. The third-order valence-corrected chi connectivity index (χ3v) is 6.46. The van der Waals surface area contributed by atoms with Gasteiger partial charge in [0, 0.05) is 31.7 Å². The lowest BCUT2D eigenvalue weighted by molar-refractivity contribution is 0.567. The molecular weight excluding hydrogens is 374 g/mol. The largest absolute Gasteiger partial charge is 0.335 e. The molecule has 1 aromatic carbocycles. The van der Waals surface area contributed by atoms with E-state index in [9.17, 15) is 16.8 Å². The number of benzene rings is 1. The van der Waals surface area contributed by atoms with Gasteiger partial charge in [-0.25, -0.2) is 26.5 Å². The lowest BCUT2D eigenvalue weighted by Gasteiger charge is -2.10. The summed E-state index contributed by atoms with van der Waals surface area (Å²) in [4.78, 5) is 3.75. The first-order valence-corrected chi connectivity index (χ1v) is 10.8. The number of hydrogen-bond donors (Lipinski definition) is 1. The Morgan fingerprint density at radius 2 is 1.96 bits per heavy atom. The van der Waals surface area contributed by atoms with E-state index in [4.69, 9.17) is 11.6 Å². The van der Waals surface area contributed by atoms with Gasteiger partial charge >= 0.3 is 0 Å². The van der Waals surface area contributed by atoms with E-state index in [1.807, 2.05) is 17.7 Å². The van der Waals surface area contributed by atoms with Gasteiger partial charge in [-0.05, 0) is 31.5 Å². The van der Waals surface area contributed by atoms with Crippen LogP contribution < -0.4 is 4.72 Å². The normalized spacial score (nSPS) is 12.5. The van der Waals surface area contributed by atoms with Crippen LogP contribution in [0.15, 0.2) is 40.4 Å². The SMILES string of the molecule is Cc1nccn1CCCNS(=O)(=O)c1cc(S(C)(=O)=O)ccc1Cl. The number of rotatable bonds is 7. The van der Waals surface area contributed by atoms with E-state index in [1.165, 1.54) is 12.1 Å². The summed E-state index contributed by atoms with van der Waals surface area (Å²) in [6.07, 6.45) is 5.06. The van der Waals surface area contributed by atoms with Crippen LogP contribution in [0.1, 0.15) is 12.2 Å². The molecule has 132 valence electrons. The van der Waals surface area contributed by atoms with Crippen LogP contribution in [0.2, 0.25) is 5.02 Å². The molecule has 1 N–H and O–H groups in total. The zero-order valence-corrected chi connectivity index (χ0v) is 15.6. The highest BCUT2D eigenvalue weighted by atomic mass is 35.5. The minimum atomic E-state index is -3.90. The maximum absolute atomic E-state index is 12.4. The number of aryl methyl sites for hydroxylation is 2. The second-order valence-corrected chi connectivity index (χ2v) is 9.44. The molecule has 1 heterocycles. The maximum atomic E-state index is 12.4. The van der Waals surface area contributed by atoms with Crippen LogP contribution in [0, 0.1) is 6.92 Å². The van der Waals surface area contributed by atoms with Crippen molar-refractivity contribution in [2.24, 2.45) is 0 Å². The van der Waals surface area contributed by atoms with Gasteiger partial charge in [-0.1, -0.05) is 11.6 Å². The number of nitrogens with one attached hydrogen (secondary N) is 1. The van der Waals surface area contributed by atoms with Crippen molar-refractivity contribution in [3.8, 4) is 0 Å². The molecule has 2 aromatic rings. The van der Waals surface area contributed by atoms with Gasteiger partial charge in [-0.15, -0.1) is 0 Å². The van der Waals surface area contributed by atoms with Crippen LogP contribution in [0.4, 0.5) is 0 Å². The van der Waals surface area contributed by atoms with E-state index in [-0.39, 0.29) is 21.4 Å². The average molecular weight is 392 g/mol. The Labute approximate surface area is 146 Å². The lowest BCUT2D eigenvalue weighted by atomic mass is 10.4. The summed E-state index contributed by atoms with van der Waals surface area (Å²) in [6, 6.07) is 3.61. The van der Waals surface area contributed by atoms with Crippen molar-refractivity contribution >= 4 is 31.5 Å². The van der Waals surface area contributed by atoms with Gasteiger partial charge < -0.3 is 4.57 Å². The van der Waals surface area contributed by atoms with E-state index in [1.54, 1.807) is 6.20 Å². The van der Waals surface area contributed by atoms with Crippen molar-refractivity contribution in [1.82, 2.24) is 14.3 Å². The molecule has 0 bridgehead atoms. The van der Waals surface area contributed by atoms with Crippen molar-refractivity contribution in [3.05, 3.63) is 41.4 Å². The fraction of sp³-hybridized carbons (Fsp3) is 0.357. The van der Waals surface area contributed by atoms with Crippen LogP contribution in [-0.2, 0) is 26.4 Å². The van der Waals surface area contributed by atoms with Gasteiger partial charge in [0.15, 0.2) is 9.84 Å². The van der Waals surface area contributed by atoms with Gasteiger partial charge in [-0.2, -0.15) is 0 Å². The Morgan fingerprint density at radius 3 is 2.54 bits per heavy atom. The Morgan fingerprint density at radius 1 is 1.25 bits per heavy atom. The Bertz CT molecular complexity index is 937. The van der Waals surface area contributed by atoms with Crippen molar-refractivity contribution in [3.63, 3.8) is 0 Å². The molecule has 24 heavy (non-hydrogen) atoms. The molecule has 0 amide bonds. The van der Waals surface area contributed by atoms with Crippen molar-refractivity contribution in [1.29, 1.82) is 0 Å². The van der Waals surface area contributed by atoms with Gasteiger partial charge in [-0.3, -0.25) is 0 Å². The van der Waals surface area contributed by atoms with Gasteiger partial charge in [0.2, 0.25) is 10.0 Å². The molecule has 0 spiro atoms. The minimum Gasteiger partial charge on any atom is -0.335 e. The highest BCUT2D eigenvalue weighted by molar-refractivity contribution is 7.91. The van der Waals surface area contributed by atoms with Crippen LogP contribution in [0.5, 0.6) is 0 Å². The first kappa shape index (κ1) is 18.9. The third kappa shape index (κ3) is 4.56. The molecule has 0 saturated carbocycles. The summed E-state index contributed by atoms with van der Waals surface area (Å²) in [7, 11) is -7.42. The van der Waals surface area contributed by atoms with Crippen LogP contribution >= 0.6 is 11.6 Å². The van der Waals surface area contributed by atoms with E-state index in [0.29, 0.717) is 13.0 Å². The quantitative estimate of drug-likeness (QED) is 0.723. The zero-order chi connectivity index (χ0) is 18.0. The highest BCUT2D eigenvalue weighted by Crippen LogP contribution is 2.24. The van der Waals surface area contributed by atoms with Gasteiger partial charge in [0.25, 0.3) is 0 Å². The molecule has 0 aliphatic heterocycles. The van der Waals surface area contributed by atoms with E-state index < -0.39 is 19.9 Å². The minimum absolute atomic E-state index is 0.0274. The van der Waals surface area contributed by atoms with E-state index in [2.05, 4.69) is 9.71 Å². The summed E-state index contributed by atoms with van der Waals surface area (Å²) < 4.78 is 52.2. The maximum Gasteiger partial charge on any atom is 0.242 e. The van der Waals surface area contributed by atoms with Gasteiger partial charge in [0.1, 0.15) is 10.7 Å². The summed E-state index contributed by atoms with van der Waals surface area (Å²) in [6.45, 7) is 2.67. The molecule has 0 saturated heterocycles. The molecule has 0 aliphatic carbocycles. The Kier molecular flexibility index (Phi) is 5.69. The van der Waals surface area contributed by atoms with Crippen molar-refractivity contribution in [2.45, 2.75) is 29.7 Å². The lowest BCUT2D eigenvalue weighted by Crippen LogP contribution is -2.26. The van der Waals surface area contributed by atoms with Crippen molar-refractivity contribution in [2.75, 3.05) is 12.8 Å². The molecule has 1 aromatic heterocycles. The summed E-state index contributed by atoms with van der Waals surface area (Å²) in [5.41, 5.74) is 0. The number of aromatic nitrogens is 2. The summed E-state index contributed by atoms with van der Waals surface area (Å²) in [5, 5.41) is -0.0274. The van der Waals surface area contributed by atoms with E-state index >= 15 is 0 Å². The first-order chi connectivity index (χ1) is 11.1. The standard InChI is InChI=1S/C14H18ClN3O4S2/c1-11-16-7-9-18(11)8-3-6-17-24(21,22)14-10-12(23(2,19)20)4-5-13(14)15/h4-5,7,9-10,17H,3,6,8H2,1-2H3. The zero-order valence-electron chi connectivity index (χ0n) is 13.2. The number of halogens is 1. The van der Waals surface area contributed by atoms with Crippen LogP contribution in [0.25, 0.3) is 0 Å². The molecule has 0 fully saturated rings. The Balaban J connectivity index is 2.09. The number of hydrogen-bond acceptors (Lipinski definition) is 5. The van der Waals surface area contributed by atoms with Gasteiger partial charge in [0.05, 0.1) is 9.92 Å². The number of sulfonamides is 1. The topological polar surface area (TPSA) is 98.1 Å². The number of nitrogens with zero attached hydrogens (tertiary/aromatic N) is 2. The predicted octanol–water partition coefficient (Wildman–Crippen LogP) is 1.62. The molecular formula is C14H18ClN3O4S2. The first-order valence-electron chi connectivity index (χ1n) is 7.08. The van der Waals surface area contributed by atoms with Crippen LogP contribution in [-0.4, -0.2) is 39.2 Å². The fourth-order valence-corrected chi connectivity index (χ4v) is 4.41. The molecule has 10 heteroatoms. The monoisotopic (exact) mass is 391 g/mol. The third-order valence-electron chi connectivity index (χ3n) is 3.41. The molecule has 7 nitrogen and oxygen atoms in total. The van der Waals surface area contributed by atoms with Crippen molar-refractivity contribution < 1.29 is 16.8 Å². The molecule has 2 rings (SSSR count). The Hall–Kier alpha value is -1.42. The van der Waals surface area contributed by atoms with E-state index in [0.717, 1.165) is 18.1 Å². The average Bonchev–Trinajstić information content (AvgIpc) is 2.88. The fourth-order valence-electron chi connectivity index (χ4n) is 2.09. The molecule has 0 radical (unpaired) electrons. The predicted molar refractivity (Wildman–Crippen MR) is 91.3 cm³/mol. The second kappa shape index (κ2) is 7.22. The second-order valence-electron chi connectivity index (χ2n) is 5.28. The summed E-state index contributed by atoms with van der Waals surface area (Å²) >= 11 is 5.92. The smallest absolute Gasteiger partial charge is 0.242 e. The number of sulfone groups is 1. The molecule has 0 atom stereocenters. The molecule has 0 aliphatic rings. The van der Waals surface area contributed by atoms with Crippen LogP contribution in [0.3, 0.4) is 0 Å². The summed E-state index contributed by atoms with van der Waals surface area (Å²) in [5.74, 6) is 0.849. The number of imidazole rings is 1.